The lowest BCUT2D eigenvalue weighted by atomic mass is 10.4. The number of anilines is 2. The highest BCUT2D eigenvalue weighted by Crippen LogP contribution is 2.25. The molecule has 4 N–H and O–H groups in total. The highest BCUT2D eigenvalue weighted by atomic mass is 79.9. The van der Waals surface area contributed by atoms with Crippen molar-refractivity contribution in [2.75, 3.05) is 23.5 Å². The molecule has 0 amide bonds. The molecule has 5 nitrogen and oxygen atoms in total. The third-order valence-corrected chi connectivity index (χ3v) is 3.61. The molecule has 15 heavy (non-hydrogen) atoms. The van der Waals surface area contributed by atoms with Crippen molar-refractivity contribution in [1.82, 2.24) is 9.97 Å². The molecule has 0 fully saturated rings. The molecule has 0 aliphatic heterocycles. The van der Waals surface area contributed by atoms with E-state index in [2.05, 4.69) is 49.8 Å². The average Bonchev–Trinajstić information content (AvgIpc) is 2.27. The number of nitrogens with one attached hydrogen (secondary N) is 2. The lowest BCUT2D eigenvalue weighted by Crippen LogP contribution is -2.15. The van der Waals surface area contributed by atoms with Gasteiger partial charge in [0.25, 0.3) is 0 Å². The summed E-state index contributed by atoms with van der Waals surface area (Å²) in [4.78, 5) is 8.08. The van der Waals surface area contributed by atoms with Crippen molar-refractivity contribution in [2.24, 2.45) is 5.84 Å². The van der Waals surface area contributed by atoms with Gasteiger partial charge in [0, 0.05) is 11.8 Å². The molecule has 1 heterocycles. The molecule has 1 aromatic heterocycles. The number of hydrazine groups is 1. The molecule has 0 saturated carbocycles. The first kappa shape index (κ1) is 12.5. The van der Waals surface area contributed by atoms with Crippen molar-refractivity contribution < 1.29 is 0 Å². The molecule has 0 bridgehead atoms. The maximum Gasteiger partial charge on any atom is 0.159 e. The summed E-state index contributed by atoms with van der Waals surface area (Å²) in [5, 5.41) is 3.75. The highest BCUT2D eigenvalue weighted by molar-refractivity contribution is 9.10. The minimum absolute atomic E-state index is 0.529. The molecule has 0 spiro atoms. The van der Waals surface area contributed by atoms with Crippen molar-refractivity contribution in [3.63, 3.8) is 0 Å². The van der Waals surface area contributed by atoms with Gasteiger partial charge in [-0.05, 0) is 22.2 Å². The van der Waals surface area contributed by atoms with E-state index in [9.17, 15) is 0 Å². The number of hydrogen-bond donors (Lipinski definition) is 3. The average molecular weight is 292 g/mol. The van der Waals surface area contributed by atoms with Crippen LogP contribution in [0.1, 0.15) is 6.92 Å². The first-order chi connectivity index (χ1) is 7.19. The zero-order valence-corrected chi connectivity index (χ0v) is 11.0. The van der Waals surface area contributed by atoms with Crippen LogP contribution >= 0.6 is 27.7 Å². The van der Waals surface area contributed by atoms with Crippen LogP contribution in [0.4, 0.5) is 11.6 Å². The second-order valence-electron chi connectivity index (χ2n) is 2.96. The number of nitrogens with two attached hydrogens (primary N) is 1. The Morgan fingerprint density at radius 2 is 2.20 bits per heavy atom. The van der Waals surface area contributed by atoms with E-state index in [1.807, 2.05) is 0 Å². The van der Waals surface area contributed by atoms with Crippen molar-refractivity contribution in [2.45, 2.75) is 12.2 Å². The van der Waals surface area contributed by atoms with E-state index in [-0.39, 0.29) is 0 Å². The van der Waals surface area contributed by atoms with Gasteiger partial charge in [-0.15, -0.1) is 0 Å². The second-order valence-corrected chi connectivity index (χ2v) is 5.03. The van der Waals surface area contributed by atoms with Crippen LogP contribution in [0.3, 0.4) is 0 Å². The van der Waals surface area contributed by atoms with Crippen LogP contribution in [0.25, 0.3) is 0 Å². The molecule has 84 valence electrons. The molecule has 1 unspecified atom stereocenters. The summed E-state index contributed by atoms with van der Waals surface area (Å²) < 4.78 is 0.751. The summed E-state index contributed by atoms with van der Waals surface area (Å²) in [7, 11) is 0. The van der Waals surface area contributed by atoms with Crippen LogP contribution in [0.5, 0.6) is 0 Å². The van der Waals surface area contributed by atoms with E-state index in [0.717, 1.165) is 16.8 Å². The second kappa shape index (κ2) is 6.14. The van der Waals surface area contributed by atoms with Gasteiger partial charge in [0.15, 0.2) is 5.82 Å². The number of rotatable bonds is 5. The van der Waals surface area contributed by atoms with Crippen LogP contribution in [0, 0.1) is 0 Å². The van der Waals surface area contributed by atoms with Crippen molar-refractivity contribution >= 4 is 39.3 Å². The summed E-state index contributed by atoms with van der Waals surface area (Å²) in [6.07, 6.45) is 3.54. The van der Waals surface area contributed by atoms with Crippen LogP contribution < -0.4 is 16.6 Å². The van der Waals surface area contributed by atoms with Gasteiger partial charge in [-0.3, -0.25) is 0 Å². The molecule has 1 aromatic rings. The monoisotopic (exact) mass is 291 g/mol. The number of thioether (sulfide) groups is 1. The standard InChI is InChI=1S/C8H14BrN5S/c1-5(15-2)3-11-7-6(9)8(14-10)13-4-12-7/h4-5H,3,10H2,1-2H3,(H2,11,12,13,14). The number of halogens is 1. The predicted molar refractivity (Wildman–Crippen MR) is 69.0 cm³/mol. The molecule has 0 radical (unpaired) electrons. The Hall–Kier alpha value is -0.530. The van der Waals surface area contributed by atoms with Gasteiger partial charge in [-0.1, -0.05) is 6.92 Å². The zero-order chi connectivity index (χ0) is 11.3. The van der Waals surface area contributed by atoms with Crippen LogP contribution in [0.15, 0.2) is 10.8 Å². The summed E-state index contributed by atoms with van der Waals surface area (Å²) in [5.41, 5.74) is 2.49. The Bertz CT molecular complexity index is 322. The zero-order valence-electron chi connectivity index (χ0n) is 8.62. The minimum atomic E-state index is 0.529. The van der Waals surface area contributed by atoms with E-state index < -0.39 is 0 Å². The molecule has 0 aliphatic carbocycles. The summed E-state index contributed by atoms with van der Waals surface area (Å²) >= 11 is 5.17. The normalized spacial score (nSPS) is 12.3. The predicted octanol–water partition coefficient (Wildman–Crippen LogP) is 1.69. The topological polar surface area (TPSA) is 75.9 Å². The van der Waals surface area contributed by atoms with E-state index >= 15 is 0 Å². The van der Waals surface area contributed by atoms with Crippen LogP contribution in [-0.4, -0.2) is 28.0 Å². The van der Waals surface area contributed by atoms with E-state index in [1.54, 1.807) is 11.8 Å². The van der Waals surface area contributed by atoms with Crippen LogP contribution in [0.2, 0.25) is 0 Å². The Balaban J connectivity index is 2.68. The quantitative estimate of drug-likeness (QED) is 0.566. The van der Waals surface area contributed by atoms with Gasteiger partial charge in [-0.2, -0.15) is 11.8 Å². The Labute approximate surface area is 102 Å². The summed E-state index contributed by atoms with van der Waals surface area (Å²) in [5.74, 6) is 6.62. The summed E-state index contributed by atoms with van der Waals surface area (Å²) in [6, 6.07) is 0. The molecular weight excluding hydrogens is 278 g/mol. The van der Waals surface area contributed by atoms with E-state index in [0.29, 0.717) is 11.1 Å². The van der Waals surface area contributed by atoms with Gasteiger partial charge in [-0.25, -0.2) is 15.8 Å². The molecule has 0 aliphatic rings. The minimum Gasteiger partial charge on any atom is -0.368 e. The number of nitrogens with zero attached hydrogens (tertiary/aromatic N) is 2. The third-order valence-electron chi connectivity index (χ3n) is 1.89. The van der Waals surface area contributed by atoms with Crippen molar-refractivity contribution in [3.8, 4) is 0 Å². The molecule has 0 aromatic carbocycles. The molecular formula is C8H14BrN5S. The number of nitrogen functional groups attached to an aromatic ring is 1. The Kier molecular flexibility index (Phi) is 5.13. The third kappa shape index (κ3) is 3.51. The molecule has 0 saturated heterocycles. The Morgan fingerprint density at radius 1 is 1.53 bits per heavy atom. The number of aromatic nitrogens is 2. The lowest BCUT2D eigenvalue weighted by molar-refractivity contribution is 0.982. The van der Waals surface area contributed by atoms with Gasteiger partial charge in [0.1, 0.15) is 16.6 Å². The Morgan fingerprint density at radius 3 is 2.80 bits per heavy atom. The van der Waals surface area contributed by atoms with Gasteiger partial charge in [0.05, 0.1) is 0 Å². The first-order valence-corrected chi connectivity index (χ1v) is 6.51. The largest absolute Gasteiger partial charge is 0.368 e. The lowest BCUT2D eigenvalue weighted by Gasteiger charge is -2.12. The first-order valence-electron chi connectivity index (χ1n) is 4.42. The SMILES string of the molecule is CSC(C)CNc1ncnc(NN)c1Br. The van der Waals surface area contributed by atoms with E-state index in [4.69, 9.17) is 5.84 Å². The van der Waals surface area contributed by atoms with Crippen molar-refractivity contribution in [1.29, 1.82) is 0 Å². The van der Waals surface area contributed by atoms with Gasteiger partial charge >= 0.3 is 0 Å². The molecule has 1 atom stereocenters. The fourth-order valence-corrected chi connectivity index (χ4v) is 1.63. The van der Waals surface area contributed by atoms with Crippen molar-refractivity contribution in [3.05, 3.63) is 10.8 Å². The van der Waals surface area contributed by atoms with E-state index in [1.165, 1.54) is 6.33 Å². The molecule has 7 heteroatoms. The van der Waals surface area contributed by atoms with Crippen LogP contribution in [-0.2, 0) is 0 Å². The molecule has 1 rings (SSSR count). The maximum atomic E-state index is 5.30. The fraction of sp³-hybridized carbons (Fsp3) is 0.500. The van der Waals surface area contributed by atoms with Gasteiger partial charge in [0.2, 0.25) is 0 Å². The highest BCUT2D eigenvalue weighted by Gasteiger charge is 2.08. The summed E-state index contributed by atoms with van der Waals surface area (Å²) in [6.45, 7) is 3.00. The maximum absolute atomic E-state index is 5.30. The van der Waals surface area contributed by atoms with Gasteiger partial charge < -0.3 is 10.7 Å². The number of hydrogen-bond acceptors (Lipinski definition) is 6. The smallest absolute Gasteiger partial charge is 0.159 e. The fourth-order valence-electron chi connectivity index (χ4n) is 0.917.